The molecule has 2 heterocycles. The van der Waals surface area contributed by atoms with Crippen molar-refractivity contribution in [2.24, 2.45) is 0 Å². The maximum absolute atomic E-state index is 12.5. The molecule has 0 saturated carbocycles. The monoisotopic (exact) mass is 352 g/mol. The van der Waals surface area contributed by atoms with E-state index in [2.05, 4.69) is 4.90 Å². The molecule has 0 aromatic heterocycles. The summed E-state index contributed by atoms with van der Waals surface area (Å²) in [5.41, 5.74) is -0.582. The third-order valence-corrected chi connectivity index (χ3v) is 5.40. The van der Waals surface area contributed by atoms with Crippen LogP contribution in [0.4, 0.5) is 0 Å². The first-order valence-corrected chi connectivity index (χ1v) is 9.03. The Morgan fingerprint density at radius 2 is 1.83 bits per heavy atom. The second-order valence-electron chi connectivity index (χ2n) is 6.96. The summed E-state index contributed by atoms with van der Waals surface area (Å²) in [5, 5.41) is 21.9. The van der Waals surface area contributed by atoms with E-state index >= 15 is 0 Å². The lowest BCUT2D eigenvalue weighted by Gasteiger charge is -2.45. The Bertz CT molecular complexity index is 574. The van der Waals surface area contributed by atoms with Crippen LogP contribution >= 0.6 is 11.6 Å². The average Bonchev–Trinajstić information content (AvgIpc) is 2.58. The number of benzene rings is 1. The molecule has 24 heavy (non-hydrogen) atoms. The van der Waals surface area contributed by atoms with Crippen LogP contribution in [0.5, 0.6) is 0 Å². The number of halogens is 1. The number of carbonyl (C=O) groups excluding carboxylic acids is 1. The molecular weight excluding hydrogens is 328 g/mol. The SMILES string of the molecule is O=C(c1ccc(Cl)cc1)N1CC[C@](O)(CN2CCCCC2)[C@@H](O)C1. The molecular formula is C18H25ClN2O3. The van der Waals surface area contributed by atoms with Crippen LogP contribution in [0, 0.1) is 0 Å². The van der Waals surface area contributed by atoms with Gasteiger partial charge in [0.2, 0.25) is 0 Å². The Morgan fingerprint density at radius 3 is 2.46 bits per heavy atom. The molecule has 2 aliphatic rings. The minimum Gasteiger partial charge on any atom is -0.388 e. The molecule has 2 atom stereocenters. The van der Waals surface area contributed by atoms with Gasteiger partial charge in [-0.25, -0.2) is 0 Å². The van der Waals surface area contributed by atoms with Gasteiger partial charge < -0.3 is 20.0 Å². The van der Waals surface area contributed by atoms with Gasteiger partial charge in [0.05, 0.1) is 0 Å². The van der Waals surface area contributed by atoms with Gasteiger partial charge in [-0.05, 0) is 56.6 Å². The molecule has 2 N–H and O–H groups in total. The van der Waals surface area contributed by atoms with Crippen molar-refractivity contribution >= 4 is 17.5 Å². The van der Waals surface area contributed by atoms with E-state index in [0.717, 1.165) is 25.9 Å². The van der Waals surface area contributed by atoms with Crippen LogP contribution in [0.25, 0.3) is 0 Å². The van der Waals surface area contributed by atoms with E-state index in [1.54, 1.807) is 29.2 Å². The zero-order valence-corrected chi connectivity index (χ0v) is 14.6. The smallest absolute Gasteiger partial charge is 0.253 e. The standard InChI is InChI=1S/C18H25ClN2O3/c19-15-6-4-14(5-7-15)17(23)21-11-8-18(24,16(22)12-21)13-20-9-2-1-3-10-20/h4-7,16,22,24H,1-3,8-13H2/t16-,18-/m0/s1. The van der Waals surface area contributed by atoms with Crippen LogP contribution in [0.15, 0.2) is 24.3 Å². The number of piperidine rings is 2. The van der Waals surface area contributed by atoms with Crippen molar-refractivity contribution in [2.75, 3.05) is 32.7 Å². The van der Waals surface area contributed by atoms with Crippen molar-refractivity contribution in [3.05, 3.63) is 34.9 Å². The van der Waals surface area contributed by atoms with Gasteiger partial charge >= 0.3 is 0 Å². The van der Waals surface area contributed by atoms with Gasteiger partial charge in [-0.2, -0.15) is 0 Å². The molecule has 1 amide bonds. The summed E-state index contributed by atoms with van der Waals surface area (Å²) in [6, 6.07) is 6.74. The van der Waals surface area contributed by atoms with Crippen LogP contribution in [-0.4, -0.2) is 70.3 Å². The quantitative estimate of drug-likeness (QED) is 0.870. The van der Waals surface area contributed by atoms with Gasteiger partial charge in [0.1, 0.15) is 11.7 Å². The van der Waals surface area contributed by atoms with Crippen LogP contribution in [0.1, 0.15) is 36.0 Å². The van der Waals surface area contributed by atoms with Gasteiger partial charge in [-0.3, -0.25) is 4.79 Å². The topological polar surface area (TPSA) is 64.0 Å². The first-order valence-electron chi connectivity index (χ1n) is 8.66. The largest absolute Gasteiger partial charge is 0.388 e. The lowest BCUT2D eigenvalue weighted by Crippen LogP contribution is -2.61. The molecule has 1 aromatic carbocycles. The highest BCUT2D eigenvalue weighted by atomic mass is 35.5. The minimum atomic E-state index is -1.13. The van der Waals surface area contributed by atoms with Crippen LogP contribution in [0.2, 0.25) is 5.02 Å². The highest BCUT2D eigenvalue weighted by molar-refractivity contribution is 6.30. The van der Waals surface area contributed by atoms with Gasteiger partial charge in [0.25, 0.3) is 5.91 Å². The Balaban J connectivity index is 1.61. The molecule has 0 bridgehead atoms. The molecule has 5 nitrogen and oxygen atoms in total. The van der Waals surface area contributed by atoms with Crippen LogP contribution in [0.3, 0.4) is 0 Å². The molecule has 6 heteroatoms. The minimum absolute atomic E-state index is 0.134. The van der Waals surface area contributed by atoms with Crippen LogP contribution < -0.4 is 0 Å². The zero-order chi connectivity index (χ0) is 17.2. The number of aliphatic hydroxyl groups excluding tert-OH is 1. The third kappa shape index (κ3) is 3.91. The van der Waals surface area contributed by atoms with E-state index in [1.165, 1.54) is 6.42 Å². The zero-order valence-electron chi connectivity index (χ0n) is 13.8. The van der Waals surface area contributed by atoms with E-state index in [9.17, 15) is 15.0 Å². The Labute approximate surface area is 147 Å². The fourth-order valence-corrected chi connectivity index (χ4v) is 3.74. The summed E-state index contributed by atoms with van der Waals surface area (Å²) in [4.78, 5) is 16.4. The highest BCUT2D eigenvalue weighted by Crippen LogP contribution is 2.26. The number of carbonyl (C=O) groups is 1. The van der Waals surface area contributed by atoms with Crippen LogP contribution in [-0.2, 0) is 0 Å². The van der Waals surface area contributed by atoms with E-state index in [-0.39, 0.29) is 12.5 Å². The number of amides is 1. The molecule has 0 spiro atoms. The third-order valence-electron chi connectivity index (χ3n) is 5.15. The molecule has 2 fully saturated rings. The Kier molecular flexibility index (Phi) is 5.45. The summed E-state index contributed by atoms with van der Waals surface area (Å²) < 4.78 is 0. The number of likely N-dealkylation sites (tertiary alicyclic amines) is 2. The Morgan fingerprint density at radius 1 is 1.17 bits per heavy atom. The van der Waals surface area contributed by atoms with E-state index < -0.39 is 11.7 Å². The fraction of sp³-hybridized carbons (Fsp3) is 0.611. The van der Waals surface area contributed by atoms with Gasteiger partial charge in [-0.15, -0.1) is 0 Å². The Hall–Kier alpha value is -1.14. The molecule has 3 rings (SSSR count). The maximum Gasteiger partial charge on any atom is 0.253 e. The summed E-state index contributed by atoms with van der Waals surface area (Å²) in [5.74, 6) is -0.134. The highest BCUT2D eigenvalue weighted by Gasteiger charge is 2.43. The number of aliphatic hydroxyl groups is 2. The van der Waals surface area contributed by atoms with E-state index in [4.69, 9.17) is 11.6 Å². The van der Waals surface area contributed by atoms with Crippen molar-refractivity contribution in [3.8, 4) is 0 Å². The lowest BCUT2D eigenvalue weighted by atomic mass is 9.87. The number of rotatable bonds is 3. The molecule has 0 unspecified atom stereocenters. The predicted octanol–water partition coefficient (Wildman–Crippen LogP) is 1.76. The van der Waals surface area contributed by atoms with E-state index in [0.29, 0.717) is 30.1 Å². The number of hydrogen-bond donors (Lipinski definition) is 2. The number of hydrogen-bond acceptors (Lipinski definition) is 4. The van der Waals surface area contributed by atoms with E-state index in [1.807, 2.05) is 0 Å². The molecule has 2 saturated heterocycles. The summed E-state index contributed by atoms with van der Waals surface area (Å²) in [6.07, 6.45) is 3.00. The normalized spacial score (nSPS) is 28.8. The van der Waals surface area contributed by atoms with Crippen molar-refractivity contribution in [1.82, 2.24) is 9.80 Å². The summed E-state index contributed by atoms with van der Waals surface area (Å²) in [7, 11) is 0. The molecule has 2 aliphatic heterocycles. The molecule has 132 valence electrons. The molecule has 1 aromatic rings. The molecule has 0 radical (unpaired) electrons. The summed E-state index contributed by atoms with van der Waals surface area (Å²) >= 11 is 5.85. The van der Waals surface area contributed by atoms with Gasteiger partial charge in [0.15, 0.2) is 0 Å². The summed E-state index contributed by atoms with van der Waals surface area (Å²) in [6.45, 7) is 3.04. The predicted molar refractivity (Wildman–Crippen MR) is 93.2 cm³/mol. The number of β-amino-alcohol motifs (C(OH)–C–C–N with tert-alkyl or cyclic N) is 2. The van der Waals surface area contributed by atoms with Crippen molar-refractivity contribution < 1.29 is 15.0 Å². The first kappa shape index (κ1) is 17.7. The van der Waals surface area contributed by atoms with Gasteiger partial charge in [-0.1, -0.05) is 18.0 Å². The van der Waals surface area contributed by atoms with Crippen molar-refractivity contribution in [1.29, 1.82) is 0 Å². The fourth-order valence-electron chi connectivity index (χ4n) is 3.61. The van der Waals surface area contributed by atoms with Gasteiger partial charge in [0, 0.05) is 30.2 Å². The average molecular weight is 353 g/mol. The van der Waals surface area contributed by atoms with Crippen molar-refractivity contribution in [2.45, 2.75) is 37.4 Å². The number of nitrogens with zero attached hydrogens (tertiary/aromatic N) is 2. The second kappa shape index (κ2) is 7.40. The first-order chi connectivity index (χ1) is 11.5. The second-order valence-corrected chi connectivity index (χ2v) is 7.40. The lowest BCUT2D eigenvalue weighted by molar-refractivity contribution is -0.126. The van der Waals surface area contributed by atoms with Crippen molar-refractivity contribution in [3.63, 3.8) is 0 Å². The maximum atomic E-state index is 12.5. The molecule has 0 aliphatic carbocycles.